The predicted molar refractivity (Wildman–Crippen MR) is 177 cm³/mol. The molecule has 5 N–H and O–H groups in total. The van der Waals surface area contributed by atoms with E-state index in [4.69, 9.17) is 20.9 Å². The molecule has 252 valence electrons. The first-order valence-electron chi connectivity index (χ1n) is 15.9. The second kappa shape index (κ2) is 16.4. The van der Waals surface area contributed by atoms with Gasteiger partial charge in [0.1, 0.15) is 0 Å². The highest BCUT2D eigenvalue weighted by Gasteiger charge is 2.44. The van der Waals surface area contributed by atoms with Crippen LogP contribution in [0.15, 0.2) is 70.9 Å². The van der Waals surface area contributed by atoms with Gasteiger partial charge in [0.25, 0.3) is 5.69 Å². The van der Waals surface area contributed by atoms with Gasteiger partial charge in [-0.05, 0) is 56.4 Å². The molecule has 2 aliphatic rings. The largest absolute Gasteiger partial charge is 0.468 e. The average Bonchev–Trinajstić information content (AvgIpc) is 3.09. The number of primary amides is 1. The monoisotopic (exact) mass is 648 g/mol. The summed E-state index contributed by atoms with van der Waals surface area (Å²) >= 11 is 0. The molecule has 2 aliphatic heterocycles. The Morgan fingerprint density at radius 3 is 2.36 bits per heavy atom. The van der Waals surface area contributed by atoms with Crippen molar-refractivity contribution < 1.29 is 28.8 Å². The number of benzene rings is 2. The number of nitrogens with two attached hydrogens (primary N) is 2. The van der Waals surface area contributed by atoms with Crippen molar-refractivity contribution in [3.05, 3.63) is 87.1 Å². The minimum atomic E-state index is -0.923. The number of piperidine rings is 1. The van der Waals surface area contributed by atoms with Gasteiger partial charge >= 0.3 is 5.97 Å². The fraction of sp³-hybridized carbons (Fsp3) is 0.471. The summed E-state index contributed by atoms with van der Waals surface area (Å²) in [6.45, 7) is 4.80. The standard InChI is InChI=1S/C34H44N6O7/c1-3-26-29(31(36)41)28(23-10-12-25(13-11-23)40(44)45)30(27(38-26)22-47-21-16-35)32(42)37-17-7-18-39-19-14-34(15-20-39,33(43)46-2)24-8-5-4-6-9-24/h4-6,8-13,28-29H,3,7,14-22,35H2,1-2H3,(H2,36,41)(H,37,42). The molecule has 2 aromatic carbocycles. The fourth-order valence-corrected chi connectivity index (χ4v) is 6.59. The van der Waals surface area contributed by atoms with Crippen molar-refractivity contribution in [1.29, 1.82) is 0 Å². The van der Waals surface area contributed by atoms with Gasteiger partial charge in [-0.3, -0.25) is 29.5 Å². The van der Waals surface area contributed by atoms with Crippen LogP contribution >= 0.6 is 0 Å². The van der Waals surface area contributed by atoms with Crippen molar-refractivity contribution in [1.82, 2.24) is 10.2 Å². The van der Waals surface area contributed by atoms with E-state index in [-0.39, 0.29) is 37.0 Å². The first-order chi connectivity index (χ1) is 22.7. The number of hydrogen-bond donors (Lipinski definition) is 3. The van der Waals surface area contributed by atoms with Gasteiger partial charge in [-0.25, -0.2) is 0 Å². The van der Waals surface area contributed by atoms with Crippen molar-refractivity contribution in [2.24, 2.45) is 22.4 Å². The van der Waals surface area contributed by atoms with Gasteiger partial charge in [-0.1, -0.05) is 49.4 Å². The van der Waals surface area contributed by atoms with Crippen LogP contribution < -0.4 is 16.8 Å². The normalized spacial score (nSPS) is 19.5. The molecule has 4 rings (SSSR count). The number of amides is 2. The Morgan fingerprint density at radius 1 is 1.11 bits per heavy atom. The Morgan fingerprint density at radius 2 is 1.79 bits per heavy atom. The minimum absolute atomic E-state index is 0.00441. The lowest BCUT2D eigenvalue weighted by Gasteiger charge is -2.40. The molecular weight excluding hydrogens is 604 g/mol. The molecule has 0 radical (unpaired) electrons. The number of nitrogens with zero attached hydrogens (tertiary/aromatic N) is 3. The molecule has 47 heavy (non-hydrogen) atoms. The number of rotatable bonds is 15. The van der Waals surface area contributed by atoms with Crippen LogP contribution in [0, 0.1) is 16.0 Å². The van der Waals surface area contributed by atoms with Crippen LogP contribution in [0.3, 0.4) is 0 Å². The molecule has 13 heteroatoms. The summed E-state index contributed by atoms with van der Waals surface area (Å²) in [4.78, 5) is 57.4. The molecule has 2 amide bonds. The van der Waals surface area contributed by atoms with E-state index in [1.54, 1.807) is 12.1 Å². The summed E-state index contributed by atoms with van der Waals surface area (Å²) in [6, 6.07) is 15.5. The first-order valence-corrected chi connectivity index (χ1v) is 15.9. The molecule has 2 unspecified atom stereocenters. The Labute approximate surface area is 274 Å². The summed E-state index contributed by atoms with van der Waals surface area (Å²) in [5.41, 5.74) is 13.3. The molecule has 2 heterocycles. The van der Waals surface area contributed by atoms with Crippen LogP contribution in [0.4, 0.5) is 5.69 Å². The molecule has 0 bridgehead atoms. The summed E-state index contributed by atoms with van der Waals surface area (Å²) in [6.07, 6.45) is 2.29. The topological polar surface area (TPSA) is 192 Å². The number of likely N-dealkylation sites (tertiary alicyclic amines) is 1. The van der Waals surface area contributed by atoms with Crippen molar-refractivity contribution in [2.75, 3.05) is 53.0 Å². The number of aliphatic imine (C=N–C) groups is 1. The lowest BCUT2D eigenvalue weighted by atomic mass is 9.72. The first kappa shape index (κ1) is 35.4. The van der Waals surface area contributed by atoms with E-state index in [1.807, 2.05) is 37.3 Å². The number of methoxy groups -OCH3 is 1. The lowest BCUT2D eigenvalue weighted by Crippen LogP contribution is -2.48. The molecule has 13 nitrogen and oxygen atoms in total. The van der Waals surface area contributed by atoms with Crippen LogP contribution in [0.2, 0.25) is 0 Å². The van der Waals surface area contributed by atoms with Crippen LogP contribution in [0.25, 0.3) is 0 Å². The highest BCUT2D eigenvalue weighted by atomic mass is 16.6. The third-order valence-corrected chi connectivity index (χ3v) is 9.02. The van der Waals surface area contributed by atoms with Crippen LogP contribution in [-0.2, 0) is 29.3 Å². The van der Waals surface area contributed by atoms with E-state index < -0.39 is 34.0 Å². The van der Waals surface area contributed by atoms with E-state index in [0.29, 0.717) is 68.8 Å². The number of carbonyl (C=O) groups is 3. The van der Waals surface area contributed by atoms with Crippen LogP contribution in [-0.4, -0.2) is 86.4 Å². The number of non-ortho nitro benzene ring substituents is 1. The number of hydrogen-bond acceptors (Lipinski definition) is 10. The molecule has 0 aromatic heterocycles. The molecule has 2 aromatic rings. The van der Waals surface area contributed by atoms with E-state index in [0.717, 1.165) is 5.56 Å². The van der Waals surface area contributed by atoms with Gasteiger partial charge < -0.3 is 31.2 Å². The third kappa shape index (κ3) is 8.10. The Hall–Kier alpha value is -4.46. The van der Waals surface area contributed by atoms with Gasteiger partial charge in [0.05, 0.1) is 42.3 Å². The summed E-state index contributed by atoms with van der Waals surface area (Å²) < 4.78 is 10.9. The van der Waals surface area contributed by atoms with Crippen LogP contribution in [0.5, 0.6) is 0 Å². The molecule has 2 atom stereocenters. The number of nitrogens with one attached hydrogen (secondary N) is 1. The average molecular weight is 649 g/mol. The maximum Gasteiger partial charge on any atom is 0.316 e. The lowest BCUT2D eigenvalue weighted by molar-refractivity contribution is -0.384. The highest BCUT2D eigenvalue weighted by molar-refractivity contribution is 6.09. The quantitative estimate of drug-likeness (QED) is 0.113. The Bertz CT molecular complexity index is 1480. The zero-order chi connectivity index (χ0) is 34.0. The highest BCUT2D eigenvalue weighted by Crippen LogP contribution is 2.40. The Balaban J connectivity index is 1.50. The smallest absolute Gasteiger partial charge is 0.316 e. The molecule has 0 spiro atoms. The van der Waals surface area contributed by atoms with E-state index >= 15 is 0 Å². The predicted octanol–water partition coefficient (Wildman–Crippen LogP) is 2.59. The maximum atomic E-state index is 13.9. The second-order valence-corrected chi connectivity index (χ2v) is 11.8. The summed E-state index contributed by atoms with van der Waals surface area (Å²) in [7, 11) is 1.42. The van der Waals surface area contributed by atoms with Gasteiger partial charge in [-0.2, -0.15) is 0 Å². The van der Waals surface area contributed by atoms with Crippen molar-refractivity contribution in [3.63, 3.8) is 0 Å². The maximum absolute atomic E-state index is 13.9. The molecule has 1 fully saturated rings. The van der Waals surface area contributed by atoms with Gasteiger partial charge in [0.15, 0.2) is 0 Å². The zero-order valence-electron chi connectivity index (χ0n) is 27.0. The summed E-state index contributed by atoms with van der Waals surface area (Å²) in [5.74, 6) is -3.03. The van der Waals surface area contributed by atoms with Gasteiger partial charge in [-0.15, -0.1) is 0 Å². The fourth-order valence-electron chi connectivity index (χ4n) is 6.59. The van der Waals surface area contributed by atoms with Crippen molar-refractivity contribution in [3.8, 4) is 0 Å². The SMILES string of the molecule is CCC1=NC(COCCN)=C(C(=O)NCCCN2CCC(C(=O)OC)(c3ccccc3)CC2)C(c2ccc([N+](=O)[O-])cc2)C1C(N)=O. The van der Waals surface area contributed by atoms with E-state index in [1.165, 1.54) is 19.2 Å². The number of ether oxygens (including phenoxy) is 2. The minimum Gasteiger partial charge on any atom is -0.468 e. The number of nitro groups is 1. The van der Waals surface area contributed by atoms with E-state index in [2.05, 4.69) is 15.2 Å². The third-order valence-electron chi connectivity index (χ3n) is 9.02. The van der Waals surface area contributed by atoms with Gasteiger partial charge in [0.2, 0.25) is 11.8 Å². The van der Waals surface area contributed by atoms with E-state index in [9.17, 15) is 24.5 Å². The van der Waals surface area contributed by atoms with Crippen molar-refractivity contribution in [2.45, 2.75) is 43.9 Å². The summed E-state index contributed by atoms with van der Waals surface area (Å²) in [5, 5.41) is 14.3. The van der Waals surface area contributed by atoms with Gasteiger partial charge in [0, 0.05) is 42.4 Å². The zero-order valence-corrected chi connectivity index (χ0v) is 27.0. The second-order valence-electron chi connectivity index (χ2n) is 11.8. The van der Waals surface area contributed by atoms with Crippen molar-refractivity contribution >= 4 is 29.2 Å². The molecule has 0 saturated carbocycles. The molecule has 1 saturated heterocycles. The molecule has 0 aliphatic carbocycles. The number of nitro benzene ring substituents is 1. The number of carbonyl (C=O) groups excluding carboxylic acids is 3. The number of esters is 1. The molecular formula is C34H44N6O7. The Kier molecular flexibility index (Phi) is 12.3. The van der Waals surface area contributed by atoms with Crippen LogP contribution in [0.1, 0.15) is 49.7 Å².